The van der Waals surface area contributed by atoms with Crippen molar-refractivity contribution in [3.05, 3.63) is 34.4 Å². The van der Waals surface area contributed by atoms with Crippen LogP contribution in [0.3, 0.4) is 0 Å². The van der Waals surface area contributed by atoms with Gasteiger partial charge in [0.2, 0.25) is 5.88 Å². The summed E-state index contributed by atoms with van der Waals surface area (Å²) < 4.78 is 10.4. The molecule has 2 N–H and O–H groups in total. The molecule has 0 fully saturated rings. The summed E-state index contributed by atoms with van der Waals surface area (Å²) >= 11 is 11.7. The van der Waals surface area contributed by atoms with E-state index in [1.807, 2.05) is 0 Å². The van der Waals surface area contributed by atoms with E-state index < -0.39 is 0 Å². The third-order valence-electron chi connectivity index (χ3n) is 2.05. The number of nitrogens with two attached hydrogens (primary N) is 1. The fourth-order valence-corrected chi connectivity index (χ4v) is 1.53. The van der Waals surface area contributed by atoms with Gasteiger partial charge in [-0.3, -0.25) is 0 Å². The SMILES string of the molecule is COc1ncc(Cl)c(Oc2ccc(Cl)cc2N)n1. The number of nitrogens with zero attached hydrogens (tertiary/aromatic N) is 2. The molecular formula is C11H9Cl2N3O2. The Morgan fingerprint density at radius 2 is 2.06 bits per heavy atom. The first-order valence-corrected chi connectivity index (χ1v) is 5.65. The maximum absolute atomic E-state index is 5.91. The lowest BCUT2D eigenvalue weighted by Crippen LogP contribution is -1.97. The van der Waals surface area contributed by atoms with Crippen molar-refractivity contribution >= 4 is 28.9 Å². The lowest BCUT2D eigenvalue weighted by molar-refractivity contribution is 0.366. The van der Waals surface area contributed by atoms with Gasteiger partial charge in [0.1, 0.15) is 5.02 Å². The number of hydrogen-bond donors (Lipinski definition) is 1. The number of ether oxygens (including phenoxy) is 2. The Labute approximate surface area is 113 Å². The van der Waals surface area contributed by atoms with Crippen molar-refractivity contribution in [1.29, 1.82) is 0 Å². The van der Waals surface area contributed by atoms with Crippen LogP contribution in [0.5, 0.6) is 17.6 Å². The summed E-state index contributed by atoms with van der Waals surface area (Å²) in [6, 6.07) is 5.01. The number of hydrogen-bond acceptors (Lipinski definition) is 5. The van der Waals surface area contributed by atoms with Gasteiger partial charge in [-0.1, -0.05) is 23.2 Å². The molecule has 1 heterocycles. The van der Waals surface area contributed by atoms with E-state index in [0.29, 0.717) is 16.5 Å². The van der Waals surface area contributed by atoms with E-state index in [9.17, 15) is 0 Å². The molecule has 1 aromatic carbocycles. The minimum Gasteiger partial charge on any atom is -0.467 e. The second-order valence-electron chi connectivity index (χ2n) is 3.29. The van der Waals surface area contributed by atoms with E-state index in [1.165, 1.54) is 13.3 Å². The summed E-state index contributed by atoms with van der Waals surface area (Å²) in [6.07, 6.45) is 1.38. The molecule has 18 heavy (non-hydrogen) atoms. The highest BCUT2D eigenvalue weighted by Gasteiger charge is 2.10. The van der Waals surface area contributed by atoms with Crippen molar-refractivity contribution in [3.63, 3.8) is 0 Å². The monoisotopic (exact) mass is 285 g/mol. The van der Waals surface area contributed by atoms with E-state index >= 15 is 0 Å². The number of anilines is 1. The van der Waals surface area contributed by atoms with Crippen molar-refractivity contribution < 1.29 is 9.47 Å². The van der Waals surface area contributed by atoms with Crippen molar-refractivity contribution in [2.75, 3.05) is 12.8 Å². The van der Waals surface area contributed by atoms with Gasteiger partial charge in [-0.15, -0.1) is 0 Å². The smallest absolute Gasteiger partial charge is 0.319 e. The first-order chi connectivity index (χ1) is 8.60. The van der Waals surface area contributed by atoms with Gasteiger partial charge in [0.05, 0.1) is 19.0 Å². The van der Waals surface area contributed by atoms with Crippen molar-refractivity contribution in [3.8, 4) is 17.6 Å². The van der Waals surface area contributed by atoms with Crippen LogP contribution < -0.4 is 15.2 Å². The van der Waals surface area contributed by atoms with Crippen LogP contribution in [0.25, 0.3) is 0 Å². The van der Waals surface area contributed by atoms with Crippen molar-refractivity contribution in [2.45, 2.75) is 0 Å². The molecule has 2 aromatic rings. The van der Waals surface area contributed by atoms with Gasteiger partial charge in [0, 0.05) is 5.02 Å². The van der Waals surface area contributed by atoms with Crippen LogP contribution >= 0.6 is 23.2 Å². The summed E-state index contributed by atoms with van der Waals surface area (Å²) in [4.78, 5) is 7.81. The van der Waals surface area contributed by atoms with Crippen LogP contribution in [-0.2, 0) is 0 Å². The van der Waals surface area contributed by atoms with Crippen LogP contribution in [0.15, 0.2) is 24.4 Å². The van der Waals surface area contributed by atoms with Gasteiger partial charge in [0.25, 0.3) is 0 Å². The molecule has 2 rings (SSSR count). The molecule has 0 unspecified atom stereocenters. The van der Waals surface area contributed by atoms with Crippen molar-refractivity contribution in [2.24, 2.45) is 0 Å². The van der Waals surface area contributed by atoms with Crippen molar-refractivity contribution in [1.82, 2.24) is 9.97 Å². The molecule has 94 valence electrons. The maximum atomic E-state index is 5.91. The van der Waals surface area contributed by atoms with E-state index in [0.717, 1.165) is 0 Å². The molecule has 0 amide bonds. The molecular weight excluding hydrogens is 277 g/mol. The average Bonchev–Trinajstić information content (AvgIpc) is 2.35. The molecule has 0 bridgehead atoms. The maximum Gasteiger partial charge on any atom is 0.319 e. The Hall–Kier alpha value is -1.72. The van der Waals surface area contributed by atoms with Crippen LogP contribution in [0.1, 0.15) is 0 Å². The largest absolute Gasteiger partial charge is 0.467 e. The van der Waals surface area contributed by atoms with Crippen LogP contribution in [0.4, 0.5) is 5.69 Å². The quantitative estimate of drug-likeness (QED) is 0.877. The number of aromatic nitrogens is 2. The zero-order valence-corrected chi connectivity index (χ0v) is 10.9. The van der Waals surface area contributed by atoms with Gasteiger partial charge >= 0.3 is 6.01 Å². The van der Waals surface area contributed by atoms with Crippen LogP contribution in [-0.4, -0.2) is 17.1 Å². The van der Waals surface area contributed by atoms with E-state index in [1.54, 1.807) is 18.2 Å². The number of methoxy groups -OCH3 is 1. The summed E-state index contributed by atoms with van der Waals surface area (Å²) in [5, 5.41) is 0.774. The highest BCUT2D eigenvalue weighted by molar-refractivity contribution is 6.31. The summed E-state index contributed by atoms with van der Waals surface area (Å²) in [7, 11) is 1.45. The Morgan fingerprint density at radius 3 is 2.72 bits per heavy atom. The summed E-state index contributed by atoms with van der Waals surface area (Å²) in [6.45, 7) is 0. The Balaban J connectivity index is 2.33. The molecule has 0 aliphatic rings. The molecule has 0 saturated heterocycles. The Bertz CT molecular complexity index is 578. The first-order valence-electron chi connectivity index (χ1n) is 4.89. The molecule has 0 spiro atoms. The first kappa shape index (κ1) is 12.7. The highest BCUT2D eigenvalue weighted by Crippen LogP contribution is 2.32. The molecule has 5 nitrogen and oxygen atoms in total. The predicted molar refractivity (Wildman–Crippen MR) is 69.5 cm³/mol. The fourth-order valence-electron chi connectivity index (χ4n) is 1.22. The highest BCUT2D eigenvalue weighted by atomic mass is 35.5. The number of halogens is 2. The minimum atomic E-state index is 0.155. The lowest BCUT2D eigenvalue weighted by Gasteiger charge is -2.09. The van der Waals surface area contributed by atoms with Crippen LogP contribution in [0.2, 0.25) is 10.0 Å². The van der Waals surface area contributed by atoms with Gasteiger partial charge in [-0.2, -0.15) is 4.98 Å². The topological polar surface area (TPSA) is 70.3 Å². The average molecular weight is 286 g/mol. The summed E-state index contributed by atoms with van der Waals surface area (Å²) in [5.41, 5.74) is 6.15. The third kappa shape index (κ3) is 2.75. The van der Waals surface area contributed by atoms with E-state index in [4.69, 9.17) is 38.4 Å². The molecule has 0 aliphatic carbocycles. The normalized spacial score (nSPS) is 10.2. The zero-order chi connectivity index (χ0) is 13.1. The molecule has 0 aliphatic heterocycles. The zero-order valence-electron chi connectivity index (χ0n) is 9.35. The van der Waals surface area contributed by atoms with Crippen LogP contribution in [0, 0.1) is 0 Å². The molecule has 7 heteroatoms. The second-order valence-corrected chi connectivity index (χ2v) is 4.14. The Kier molecular flexibility index (Phi) is 3.74. The lowest BCUT2D eigenvalue weighted by atomic mass is 10.3. The number of rotatable bonds is 3. The predicted octanol–water partition coefficient (Wildman–Crippen LogP) is 3.17. The van der Waals surface area contributed by atoms with Gasteiger partial charge < -0.3 is 15.2 Å². The van der Waals surface area contributed by atoms with Gasteiger partial charge in [-0.05, 0) is 18.2 Å². The molecule has 1 aromatic heterocycles. The number of benzene rings is 1. The van der Waals surface area contributed by atoms with E-state index in [2.05, 4.69) is 9.97 Å². The van der Waals surface area contributed by atoms with Gasteiger partial charge in [-0.25, -0.2) is 4.98 Å². The number of nitrogen functional groups attached to an aromatic ring is 1. The fraction of sp³-hybridized carbons (Fsp3) is 0.0909. The second kappa shape index (κ2) is 5.29. The third-order valence-corrected chi connectivity index (χ3v) is 2.55. The van der Waals surface area contributed by atoms with Gasteiger partial charge in [0.15, 0.2) is 5.75 Å². The van der Waals surface area contributed by atoms with E-state index in [-0.39, 0.29) is 16.9 Å². The molecule has 0 saturated carbocycles. The summed E-state index contributed by atoms with van der Waals surface area (Å²) in [5.74, 6) is 0.569. The standard InChI is InChI=1S/C11H9Cl2N3O2/c1-17-11-15-5-7(13)10(16-11)18-9-3-2-6(12)4-8(9)14/h2-5H,14H2,1H3. The minimum absolute atomic E-state index is 0.155. The Morgan fingerprint density at radius 1 is 1.28 bits per heavy atom. The molecule has 0 atom stereocenters. The molecule has 0 radical (unpaired) electrons.